The molecule has 0 bridgehead atoms. The van der Waals surface area contributed by atoms with Crippen molar-refractivity contribution in [2.45, 2.75) is 39.2 Å². The zero-order valence-corrected chi connectivity index (χ0v) is 12.9. The van der Waals surface area contributed by atoms with Crippen molar-refractivity contribution < 1.29 is 33.8 Å². The Hall–Kier alpha value is -2.38. The third-order valence-electron chi connectivity index (χ3n) is 2.53. The minimum Gasteiger partial charge on any atom is -0.473 e. The summed E-state index contributed by atoms with van der Waals surface area (Å²) in [6.07, 6.45) is 3.40. The molecule has 0 spiro atoms. The highest BCUT2D eigenvalue weighted by Gasteiger charge is 2.43. The van der Waals surface area contributed by atoms with Crippen LogP contribution >= 0.6 is 0 Å². The Morgan fingerprint density at radius 1 is 1.23 bits per heavy atom. The number of hydrogen-bond acceptors (Lipinski definition) is 6. The van der Waals surface area contributed by atoms with Gasteiger partial charge in [0.15, 0.2) is 0 Å². The standard InChI is InChI=1S/C14H21NO7/c1-4-7-10(16)15-9-14(8-5-2,13(20)21-6-3)22-12(19)11(17)18/h5,8H,4,6-7,9H2,1-3H3,(H,15,16)(H,17,18). The number of carbonyl (C=O) groups excluding carboxylic acids is 3. The fourth-order valence-electron chi connectivity index (χ4n) is 1.59. The molecule has 0 aliphatic heterocycles. The van der Waals surface area contributed by atoms with Gasteiger partial charge >= 0.3 is 17.9 Å². The molecule has 1 amide bonds. The van der Waals surface area contributed by atoms with Crippen LogP contribution in [-0.4, -0.2) is 47.7 Å². The fourth-order valence-corrected chi connectivity index (χ4v) is 1.59. The summed E-state index contributed by atoms with van der Waals surface area (Å²) in [5.41, 5.74) is -2.01. The van der Waals surface area contributed by atoms with Gasteiger partial charge in [0.05, 0.1) is 13.2 Å². The number of amides is 1. The lowest BCUT2D eigenvalue weighted by atomic mass is 10.0. The topological polar surface area (TPSA) is 119 Å². The molecule has 0 aromatic rings. The first-order valence-corrected chi connectivity index (χ1v) is 6.87. The van der Waals surface area contributed by atoms with E-state index < -0.39 is 30.1 Å². The summed E-state index contributed by atoms with van der Waals surface area (Å²) >= 11 is 0. The molecular formula is C14H21NO7. The van der Waals surface area contributed by atoms with Crippen molar-refractivity contribution in [2.75, 3.05) is 13.2 Å². The number of carbonyl (C=O) groups is 4. The van der Waals surface area contributed by atoms with Crippen LogP contribution in [0.1, 0.15) is 33.6 Å². The van der Waals surface area contributed by atoms with E-state index >= 15 is 0 Å². The van der Waals surface area contributed by atoms with Gasteiger partial charge in [-0.1, -0.05) is 13.0 Å². The number of allylic oxidation sites excluding steroid dienone is 1. The SMILES string of the molecule is CC=CC(CNC(=O)CCC)(OC(=O)C(=O)O)C(=O)OCC. The molecule has 0 aromatic heterocycles. The normalized spacial score (nSPS) is 13.2. The molecule has 0 saturated heterocycles. The van der Waals surface area contributed by atoms with Gasteiger partial charge in [-0.15, -0.1) is 0 Å². The van der Waals surface area contributed by atoms with Crippen molar-refractivity contribution in [2.24, 2.45) is 0 Å². The minimum atomic E-state index is -2.01. The van der Waals surface area contributed by atoms with Gasteiger partial charge in [-0.2, -0.15) is 0 Å². The summed E-state index contributed by atoms with van der Waals surface area (Å²) in [6, 6.07) is 0. The maximum absolute atomic E-state index is 12.1. The first-order chi connectivity index (χ1) is 10.3. The first-order valence-electron chi connectivity index (χ1n) is 6.87. The lowest BCUT2D eigenvalue weighted by Gasteiger charge is -2.27. The van der Waals surface area contributed by atoms with Crippen molar-refractivity contribution in [3.05, 3.63) is 12.2 Å². The molecule has 0 aliphatic rings. The van der Waals surface area contributed by atoms with E-state index in [1.54, 1.807) is 20.8 Å². The lowest BCUT2D eigenvalue weighted by molar-refractivity contribution is -0.182. The van der Waals surface area contributed by atoms with Crippen LogP contribution in [0.25, 0.3) is 0 Å². The molecule has 0 rings (SSSR count). The quantitative estimate of drug-likeness (QED) is 0.378. The van der Waals surface area contributed by atoms with Gasteiger partial charge < -0.3 is 19.9 Å². The molecule has 0 aromatic carbocycles. The van der Waals surface area contributed by atoms with Gasteiger partial charge in [0.1, 0.15) is 0 Å². The van der Waals surface area contributed by atoms with E-state index in [4.69, 9.17) is 14.6 Å². The van der Waals surface area contributed by atoms with E-state index in [0.29, 0.717) is 6.42 Å². The van der Waals surface area contributed by atoms with Gasteiger partial charge in [-0.3, -0.25) is 4.79 Å². The number of ether oxygens (including phenoxy) is 2. The van der Waals surface area contributed by atoms with Crippen LogP contribution < -0.4 is 5.32 Å². The molecule has 0 heterocycles. The Morgan fingerprint density at radius 2 is 1.86 bits per heavy atom. The molecule has 22 heavy (non-hydrogen) atoms. The second-order valence-electron chi connectivity index (χ2n) is 4.33. The Morgan fingerprint density at radius 3 is 2.32 bits per heavy atom. The molecule has 1 unspecified atom stereocenters. The van der Waals surface area contributed by atoms with E-state index in [-0.39, 0.29) is 18.9 Å². The highest BCUT2D eigenvalue weighted by Crippen LogP contribution is 2.16. The van der Waals surface area contributed by atoms with Crippen LogP contribution in [0.3, 0.4) is 0 Å². The second kappa shape index (κ2) is 9.54. The Balaban J connectivity index is 5.37. The molecule has 0 saturated carbocycles. The molecule has 0 fully saturated rings. The van der Waals surface area contributed by atoms with E-state index in [1.165, 1.54) is 12.2 Å². The maximum Gasteiger partial charge on any atom is 0.418 e. The van der Waals surface area contributed by atoms with E-state index in [9.17, 15) is 19.2 Å². The molecule has 8 heteroatoms. The largest absolute Gasteiger partial charge is 0.473 e. The molecule has 8 nitrogen and oxygen atoms in total. The number of rotatable bonds is 8. The third kappa shape index (κ3) is 5.94. The fraction of sp³-hybridized carbons (Fsp3) is 0.571. The number of carboxylic acids is 1. The van der Waals surface area contributed by atoms with Crippen molar-refractivity contribution in [3.63, 3.8) is 0 Å². The summed E-state index contributed by atoms with van der Waals surface area (Å²) in [7, 11) is 0. The van der Waals surface area contributed by atoms with Crippen LogP contribution in [0, 0.1) is 0 Å². The van der Waals surface area contributed by atoms with Gasteiger partial charge in [-0.05, 0) is 26.3 Å². The molecular weight excluding hydrogens is 294 g/mol. The molecule has 1 atom stereocenters. The zero-order valence-electron chi connectivity index (χ0n) is 12.9. The smallest absolute Gasteiger partial charge is 0.418 e. The number of nitrogens with one attached hydrogen (secondary N) is 1. The monoisotopic (exact) mass is 315 g/mol. The van der Waals surface area contributed by atoms with Gasteiger partial charge in [-0.25, -0.2) is 14.4 Å². The summed E-state index contributed by atoms with van der Waals surface area (Å²) in [5.74, 6) is -4.78. The summed E-state index contributed by atoms with van der Waals surface area (Å²) in [5, 5.41) is 11.1. The predicted octanol–water partition coefficient (Wildman–Crippen LogP) is 0.409. The van der Waals surface area contributed by atoms with E-state index in [0.717, 1.165) is 0 Å². The Kier molecular flexibility index (Phi) is 8.51. The first kappa shape index (κ1) is 19.6. The molecule has 0 radical (unpaired) electrons. The second-order valence-corrected chi connectivity index (χ2v) is 4.33. The van der Waals surface area contributed by atoms with Crippen molar-refractivity contribution >= 4 is 23.8 Å². The zero-order chi connectivity index (χ0) is 17.2. The number of esters is 2. The number of aliphatic carboxylic acids is 1. The maximum atomic E-state index is 12.1. The van der Waals surface area contributed by atoms with Crippen LogP contribution in [0.5, 0.6) is 0 Å². The van der Waals surface area contributed by atoms with Crippen LogP contribution in [0.2, 0.25) is 0 Å². The van der Waals surface area contributed by atoms with Gasteiger partial charge in [0.25, 0.3) is 0 Å². The highest BCUT2D eigenvalue weighted by atomic mass is 16.6. The third-order valence-corrected chi connectivity index (χ3v) is 2.53. The summed E-state index contributed by atoms with van der Waals surface area (Å²) in [4.78, 5) is 45.6. The van der Waals surface area contributed by atoms with E-state index in [1.807, 2.05) is 0 Å². The minimum absolute atomic E-state index is 0.00562. The molecule has 0 aliphatic carbocycles. The summed E-state index contributed by atoms with van der Waals surface area (Å²) in [6.45, 7) is 4.50. The van der Waals surface area contributed by atoms with Crippen molar-refractivity contribution in [3.8, 4) is 0 Å². The van der Waals surface area contributed by atoms with Crippen molar-refractivity contribution in [1.82, 2.24) is 5.32 Å². The Labute approximate surface area is 128 Å². The lowest BCUT2D eigenvalue weighted by Crippen LogP contribution is -2.52. The van der Waals surface area contributed by atoms with Crippen LogP contribution in [0.15, 0.2) is 12.2 Å². The predicted molar refractivity (Wildman–Crippen MR) is 75.8 cm³/mol. The van der Waals surface area contributed by atoms with Gasteiger partial charge in [0, 0.05) is 6.42 Å². The summed E-state index contributed by atoms with van der Waals surface area (Å²) < 4.78 is 9.59. The average Bonchev–Trinajstić information content (AvgIpc) is 2.45. The highest BCUT2D eigenvalue weighted by molar-refractivity contribution is 6.29. The van der Waals surface area contributed by atoms with Gasteiger partial charge in [0.2, 0.25) is 11.5 Å². The Bertz CT molecular complexity index is 458. The number of carboxylic acid groups (broad SMARTS) is 1. The average molecular weight is 315 g/mol. The van der Waals surface area contributed by atoms with Crippen LogP contribution in [-0.2, 0) is 28.7 Å². The molecule has 2 N–H and O–H groups in total. The number of hydrogen-bond donors (Lipinski definition) is 2. The molecule has 124 valence electrons. The van der Waals surface area contributed by atoms with Crippen molar-refractivity contribution in [1.29, 1.82) is 0 Å². The van der Waals surface area contributed by atoms with E-state index in [2.05, 4.69) is 5.32 Å². The van der Waals surface area contributed by atoms with Crippen LogP contribution in [0.4, 0.5) is 0 Å².